The summed E-state index contributed by atoms with van der Waals surface area (Å²) >= 11 is 0. The summed E-state index contributed by atoms with van der Waals surface area (Å²) < 4.78 is 22.9. The van der Waals surface area contributed by atoms with Gasteiger partial charge < -0.3 is 4.90 Å². The number of anilines is 1. The van der Waals surface area contributed by atoms with Gasteiger partial charge in [0.05, 0.1) is 4.90 Å². The first-order chi connectivity index (χ1) is 9.54. The molecule has 4 nitrogen and oxygen atoms in total. The molecule has 5 heteroatoms. The van der Waals surface area contributed by atoms with Crippen molar-refractivity contribution in [2.75, 3.05) is 11.4 Å². The number of benzene rings is 2. The minimum Gasteiger partial charge on any atom is -0.367 e. The molecule has 1 heterocycles. The van der Waals surface area contributed by atoms with Gasteiger partial charge in [0, 0.05) is 18.8 Å². The van der Waals surface area contributed by atoms with E-state index < -0.39 is 10.0 Å². The normalized spacial score (nSPS) is 14.3. The molecule has 2 aromatic carbocycles. The topological polar surface area (TPSA) is 63.4 Å². The van der Waals surface area contributed by atoms with Gasteiger partial charge in [-0.15, -0.1) is 0 Å². The average molecular weight is 288 g/mol. The van der Waals surface area contributed by atoms with Gasteiger partial charge in [0.25, 0.3) is 0 Å². The quantitative estimate of drug-likeness (QED) is 0.938. The molecule has 0 spiro atoms. The van der Waals surface area contributed by atoms with Crippen molar-refractivity contribution in [2.45, 2.75) is 17.9 Å². The van der Waals surface area contributed by atoms with E-state index in [0.717, 1.165) is 25.2 Å². The summed E-state index contributed by atoms with van der Waals surface area (Å²) in [6.07, 6.45) is 0.938. The monoisotopic (exact) mass is 288 g/mol. The Morgan fingerprint density at radius 3 is 2.55 bits per heavy atom. The summed E-state index contributed by atoms with van der Waals surface area (Å²) in [5, 5.41) is 5.20. The molecule has 1 aliphatic heterocycles. The van der Waals surface area contributed by atoms with Crippen molar-refractivity contribution in [1.29, 1.82) is 0 Å². The lowest BCUT2D eigenvalue weighted by molar-refractivity contribution is 0.598. The number of hydrogen-bond acceptors (Lipinski definition) is 3. The fourth-order valence-electron chi connectivity index (χ4n) is 2.57. The highest BCUT2D eigenvalue weighted by molar-refractivity contribution is 7.89. The Hall–Kier alpha value is -1.85. The highest BCUT2D eigenvalue weighted by atomic mass is 32.2. The SMILES string of the molecule is NS(=O)(=O)c1ccc2c(c1)N(Cc1ccccc1)CC2. The second-order valence-electron chi connectivity index (χ2n) is 4.99. The third kappa shape index (κ3) is 2.55. The largest absolute Gasteiger partial charge is 0.367 e. The van der Waals surface area contributed by atoms with Crippen LogP contribution < -0.4 is 10.0 Å². The number of fused-ring (bicyclic) bond motifs is 1. The van der Waals surface area contributed by atoms with Gasteiger partial charge >= 0.3 is 0 Å². The van der Waals surface area contributed by atoms with E-state index in [4.69, 9.17) is 5.14 Å². The van der Waals surface area contributed by atoms with Gasteiger partial charge in [0.1, 0.15) is 0 Å². The molecular weight excluding hydrogens is 272 g/mol. The smallest absolute Gasteiger partial charge is 0.238 e. The zero-order valence-corrected chi connectivity index (χ0v) is 11.8. The van der Waals surface area contributed by atoms with Gasteiger partial charge in [0.15, 0.2) is 0 Å². The van der Waals surface area contributed by atoms with Gasteiger partial charge in [0.2, 0.25) is 10.0 Å². The van der Waals surface area contributed by atoms with E-state index in [-0.39, 0.29) is 4.90 Å². The van der Waals surface area contributed by atoms with Crippen LogP contribution in [0.15, 0.2) is 53.4 Å². The van der Waals surface area contributed by atoms with Crippen molar-refractivity contribution < 1.29 is 8.42 Å². The molecule has 0 radical (unpaired) electrons. The van der Waals surface area contributed by atoms with Crippen LogP contribution in [0.2, 0.25) is 0 Å². The second kappa shape index (κ2) is 4.92. The van der Waals surface area contributed by atoms with Gasteiger partial charge in [-0.1, -0.05) is 36.4 Å². The molecule has 0 bridgehead atoms. The number of nitrogens with zero attached hydrogens (tertiary/aromatic N) is 1. The number of rotatable bonds is 3. The van der Waals surface area contributed by atoms with Gasteiger partial charge in [-0.2, -0.15) is 0 Å². The molecule has 20 heavy (non-hydrogen) atoms. The summed E-state index contributed by atoms with van der Waals surface area (Å²) in [7, 11) is -3.65. The number of nitrogens with two attached hydrogens (primary N) is 1. The molecule has 2 N–H and O–H groups in total. The maximum absolute atomic E-state index is 11.5. The predicted octanol–water partition coefficient (Wildman–Crippen LogP) is 1.90. The molecule has 0 amide bonds. The van der Waals surface area contributed by atoms with Crippen molar-refractivity contribution in [2.24, 2.45) is 5.14 Å². The molecule has 0 atom stereocenters. The molecule has 0 fully saturated rings. The van der Waals surface area contributed by atoms with Crippen LogP contribution in [0.3, 0.4) is 0 Å². The van der Waals surface area contributed by atoms with Gasteiger partial charge in [-0.05, 0) is 29.7 Å². The Bertz CT molecular complexity index is 727. The molecule has 2 aromatic rings. The zero-order chi connectivity index (χ0) is 14.2. The van der Waals surface area contributed by atoms with Crippen molar-refractivity contribution >= 4 is 15.7 Å². The third-order valence-electron chi connectivity index (χ3n) is 3.59. The van der Waals surface area contributed by atoms with Gasteiger partial charge in [-0.3, -0.25) is 0 Å². The van der Waals surface area contributed by atoms with Crippen LogP contribution >= 0.6 is 0 Å². The highest BCUT2D eigenvalue weighted by Crippen LogP contribution is 2.31. The first-order valence-corrected chi connectivity index (χ1v) is 8.03. The van der Waals surface area contributed by atoms with Crippen LogP contribution in [-0.4, -0.2) is 15.0 Å². The third-order valence-corrected chi connectivity index (χ3v) is 4.50. The summed E-state index contributed by atoms with van der Waals surface area (Å²) in [5.74, 6) is 0. The minimum atomic E-state index is -3.65. The van der Waals surface area contributed by atoms with Crippen molar-refractivity contribution in [3.63, 3.8) is 0 Å². The molecular formula is C15H16N2O2S. The molecule has 1 aliphatic rings. The summed E-state index contributed by atoms with van der Waals surface area (Å²) in [6.45, 7) is 1.68. The Labute approximate surface area is 118 Å². The van der Waals surface area contributed by atoms with Crippen LogP contribution in [-0.2, 0) is 23.0 Å². The maximum atomic E-state index is 11.5. The van der Waals surface area contributed by atoms with E-state index in [1.54, 1.807) is 12.1 Å². The standard InChI is InChI=1S/C15H16N2O2S/c16-20(18,19)14-7-6-13-8-9-17(15(13)10-14)11-12-4-2-1-3-5-12/h1-7,10H,8-9,11H2,(H2,16,18,19). The van der Waals surface area contributed by atoms with E-state index in [2.05, 4.69) is 17.0 Å². The fraction of sp³-hybridized carbons (Fsp3) is 0.200. The molecule has 0 aromatic heterocycles. The van der Waals surface area contributed by atoms with E-state index >= 15 is 0 Å². The Morgan fingerprint density at radius 1 is 1.10 bits per heavy atom. The molecule has 0 unspecified atom stereocenters. The predicted molar refractivity (Wildman–Crippen MR) is 79.0 cm³/mol. The highest BCUT2D eigenvalue weighted by Gasteiger charge is 2.21. The van der Waals surface area contributed by atoms with Crippen molar-refractivity contribution in [3.8, 4) is 0 Å². The van der Waals surface area contributed by atoms with Crippen molar-refractivity contribution in [3.05, 3.63) is 59.7 Å². The molecule has 0 saturated heterocycles. The van der Waals surface area contributed by atoms with Crippen LogP contribution in [0.4, 0.5) is 5.69 Å². The first-order valence-electron chi connectivity index (χ1n) is 6.49. The zero-order valence-electron chi connectivity index (χ0n) is 11.0. The maximum Gasteiger partial charge on any atom is 0.238 e. The van der Waals surface area contributed by atoms with E-state index in [9.17, 15) is 8.42 Å². The molecule has 104 valence electrons. The van der Waals surface area contributed by atoms with E-state index in [0.29, 0.717) is 0 Å². The van der Waals surface area contributed by atoms with E-state index in [1.165, 1.54) is 11.1 Å². The lowest BCUT2D eigenvalue weighted by Gasteiger charge is -2.20. The Balaban J connectivity index is 1.93. The summed E-state index contributed by atoms with van der Waals surface area (Å²) in [5.41, 5.74) is 3.36. The molecule has 0 saturated carbocycles. The Morgan fingerprint density at radius 2 is 1.85 bits per heavy atom. The number of sulfonamides is 1. The van der Waals surface area contributed by atoms with Crippen LogP contribution in [0.5, 0.6) is 0 Å². The van der Waals surface area contributed by atoms with Crippen LogP contribution in [0.25, 0.3) is 0 Å². The fourth-order valence-corrected chi connectivity index (χ4v) is 3.10. The van der Waals surface area contributed by atoms with Crippen LogP contribution in [0, 0.1) is 0 Å². The van der Waals surface area contributed by atoms with Crippen molar-refractivity contribution in [1.82, 2.24) is 0 Å². The molecule has 3 rings (SSSR count). The summed E-state index contributed by atoms with van der Waals surface area (Å²) in [4.78, 5) is 2.37. The number of primary sulfonamides is 1. The lowest BCUT2D eigenvalue weighted by atomic mass is 10.1. The average Bonchev–Trinajstić information content (AvgIpc) is 2.82. The van der Waals surface area contributed by atoms with E-state index in [1.807, 2.05) is 24.3 Å². The Kier molecular flexibility index (Phi) is 3.23. The molecule has 0 aliphatic carbocycles. The summed E-state index contributed by atoms with van der Waals surface area (Å²) in [6, 6.07) is 15.3. The second-order valence-corrected chi connectivity index (χ2v) is 6.55. The first kappa shape index (κ1) is 13.1. The minimum absolute atomic E-state index is 0.177. The van der Waals surface area contributed by atoms with Crippen LogP contribution in [0.1, 0.15) is 11.1 Å². The number of hydrogen-bond donors (Lipinski definition) is 1. The lowest BCUT2D eigenvalue weighted by Crippen LogP contribution is -2.20. The van der Waals surface area contributed by atoms with Gasteiger partial charge in [-0.25, -0.2) is 13.6 Å².